The Kier molecular flexibility index (Phi) is 2.17. The SMILES string of the molecule is Nc1nc(-c2ccc3ncccc3c2)c2cn[nH]c2n1. The predicted octanol–water partition coefficient (Wildman–Crippen LogP) is 2.15. The Morgan fingerprint density at radius 2 is 2.05 bits per heavy atom. The number of pyridine rings is 1. The number of anilines is 1. The minimum Gasteiger partial charge on any atom is -0.368 e. The third-order valence-electron chi connectivity index (χ3n) is 3.20. The summed E-state index contributed by atoms with van der Waals surface area (Å²) in [6.07, 6.45) is 3.48. The van der Waals surface area contributed by atoms with Gasteiger partial charge in [-0.2, -0.15) is 10.1 Å². The summed E-state index contributed by atoms with van der Waals surface area (Å²) in [5, 5.41) is 8.71. The molecule has 0 aliphatic rings. The number of aromatic nitrogens is 5. The van der Waals surface area contributed by atoms with Crippen LogP contribution in [0.25, 0.3) is 33.2 Å². The number of rotatable bonds is 1. The first kappa shape index (κ1) is 10.9. The van der Waals surface area contributed by atoms with Gasteiger partial charge in [-0.3, -0.25) is 10.1 Å². The number of nitrogens with two attached hydrogens (primary N) is 1. The molecule has 0 atom stereocenters. The highest BCUT2D eigenvalue weighted by molar-refractivity contribution is 5.93. The predicted molar refractivity (Wildman–Crippen MR) is 76.8 cm³/mol. The Balaban J connectivity index is 2.02. The van der Waals surface area contributed by atoms with Crippen LogP contribution in [0, 0.1) is 0 Å². The number of hydrogen-bond donors (Lipinski definition) is 2. The van der Waals surface area contributed by atoms with Gasteiger partial charge in [0, 0.05) is 17.1 Å². The number of nitrogens with one attached hydrogen (secondary N) is 1. The molecule has 4 aromatic rings. The van der Waals surface area contributed by atoms with Gasteiger partial charge in [0.15, 0.2) is 5.65 Å². The van der Waals surface area contributed by atoms with E-state index in [2.05, 4.69) is 25.1 Å². The van der Waals surface area contributed by atoms with Crippen LogP contribution < -0.4 is 5.73 Å². The molecule has 1 aromatic carbocycles. The maximum absolute atomic E-state index is 5.75. The van der Waals surface area contributed by atoms with Gasteiger partial charge < -0.3 is 5.73 Å². The van der Waals surface area contributed by atoms with Crippen LogP contribution in [-0.2, 0) is 0 Å². The van der Waals surface area contributed by atoms with Crippen molar-refractivity contribution >= 4 is 27.9 Å². The highest BCUT2D eigenvalue weighted by Crippen LogP contribution is 2.27. The molecule has 0 aliphatic carbocycles. The number of H-pyrrole nitrogens is 1. The van der Waals surface area contributed by atoms with Crippen molar-refractivity contribution in [3.8, 4) is 11.3 Å². The molecule has 0 radical (unpaired) electrons. The van der Waals surface area contributed by atoms with Gasteiger partial charge in [-0.15, -0.1) is 0 Å². The van der Waals surface area contributed by atoms with Crippen molar-refractivity contribution in [2.45, 2.75) is 0 Å². The van der Waals surface area contributed by atoms with Crippen LogP contribution in [-0.4, -0.2) is 25.1 Å². The molecule has 96 valence electrons. The lowest BCUT2D eigenvalue weighted by atomic mass is 10.1. The first-order valence-electron chi connectivity index (χ1n) is 6.13. The van der Waals surface area contributed by atoms with Crippen molar-refractivity contribution in [2.75, 3.05) is 5.73 Å². The molecule has 3 N–H and O–H groups in total. The summed E-state index contributed by atoms with van der Waals surface area (Å²) in [6.45, 7) is 0. The van der Waals surface area contributed by atoms with Crippen LogP contribution in [0.5, 0.6) is 0 Å². The molecule has 6 nitrogen and oxygen atoms in total. The summed E-state index contributed by atoms with van der Waals surface area (Å²) >= 11 is 0. The van der Waals surface area contributed by atoms with Gasteiger partial charge in [0.25, 0.3) is 0 Å². The fourth-order valence-electron chi connectivity index (χ4n) is 2.30. The van der Waals surface area contributed by atoms with Crippen molar-refractivity contribution < 1.29 is 0 Å². The van der Waals surface area contributed by atoms with Crippen LogP contribution in [0.4, 0.5) is 5.95 Å². The zero-order valence-corrected chi connectivity index (χ0v) is 10.4. The normalized spacial score (nSPS) is 11.2. The van der Waals surface area contributed by atoms with Gasteiger partial charge in [-0.25, -0.2) is 4.98 Å². The van der Waals surface area contributed by atoms with Gasteiger partial charge in [0.05, 0.1) is 22.8 Å². The second-order valence-corrected chi connectivity index (χ2v) is 4.47. The number of hydrogen-bond acceptors (Lipinski definition) is 5. The molecule has 0 aliphatic heterocycles. The van der Waals surface area contributed by atoms with E-state index in [0.29, 0.717) is 5.65 Å². The lowest BCUT2D eigenvalue weighted by molar-refractivity contribution is 1.09. The Labute approximate surface area is 113 Å². The fourth-order valence-corrected chi connectivity index (χ4v) is 2.30. The fraction of sp³-hybridized carbons (Fsp3) is 0. The molecule has 3 aromatic heterocycles. The van der Waals surface area contributed by atoms with Gasteiger partial charge in [0.1, 0.15) is 0 Å². The van der Waals surface area contributed by atoms with Crippen molar-refractivity contribution in [3.05, 3.63) is 42.7 Å². The Bertz CT molecular complexity index is 927. The smallest absolute Gasteiger partial charge is 0.222 e. The van der Waals surface area contributed by atoms with E-state index in [4.69, 9.17) is 5.73 Å². The molecule has 0 bridgehead atoms. The van der Waals surface area contributed by atoms with E-state index in [0.717, 1.165) is 27.5 Å². The minimum atomic E-state index is 0.225. The third-order valence-corrected chi connectivity index (χ3v) is 3.20. The summed E-state index contributed by atoms with van der Waals surface area (Å²) in [4.78, 5) is 12.8. The van der Waals surface area contributed by atoms with E-state index < -0.39 is 0 Å². The summed E-state index contributed by atoms with van der Waals surface area (Å²) in [6, 6.07) is 9.91. The topological polar surface area (TPSA) is 93.4 Å². The largest absolute Gasteiger partial charge is 0.368 e. The van der Waals surface area contributed by atoms with Crippen molar-refractivity contribution in [2.24, 2.45) is 0 Å². The maximum Gasteiger partial charge on any atom is 0.222 e. The van der Waals surface area contributed by atoms with Crippen LogP contribution >= 0.6 is 0 Å². The zero-order valence-electron chi connectivity index (χ0n) is 10.4. The van der Waals surface area contributed by atoms with Gasteiger partial charge >= 0.3 is 0 Å². The molecule has 0 fully saturated rings. The Hall–Kier alpha value is -3.02. The molecule has 0 saturated heterocycles. The molecule has 0 amide bonds. The van der Waals surface area contributed by atoms with Crippen molar-refractivity contribution in [1.29, 1.82) is 0 Å². The standard InChI is InChI=1S/C14H10N6/c15-14-18-12(10-7-17-20-13(10)19-14)9-3-4-11-8(6-9)2-1-5-16-11/h1-7H,(H3,15,17,18,19,20). The molecule has 3 heterocycles. The van der Waals surface area contributed by atoms with Crippen LogP contribution in [0.15, 0.2) is 42.7 Å². The number of nitrogen functional groups attached to an aromatic ring is 1. The molecule has 20 heavy (non-hydrogen) atoms. The molecule has 0 saturated carbocycles. The van der Waals surface area contributed by atoms with E-state index >= 15 is 0 Å². The lowest BCUT2D eigenvalue weighted by Gasteiger charge is -2.05. The molecule has 6 heteroatoms. The highest BCUT2D eigenvalue weighted by atomic mass is 15.2. The quantitative estimate of drug-likeness (QED) is 0.548. The van der Waals surface area contributed by atoms with Crippen LogP contribution in [0.1, 0.15) is 0 Å². The van der Waals surface area contributed by atoms with Crippen molar-refractivity contribution in [3.63, 3.8) is 0 Å². The number of nitrogens with zero attached hydrogens (tertiary/aromatic N) is 4. The molecule has 0 unspecified atom stereocenters. The van der Waals surface area contributed by atoms with Crippen LogP contribution in [0.2, 0.25) is 0 Å². The number of benzene rings is 1. The Morgan fingerprint density at radius 1 is 1.10 bits per heavy atom. The first-order chi connectivity index (χ1) is 9.81. The summed E-state index contributed by atoms with van der Waals surface area (Å²) in [5.74, 6) is 0.225. The van der Waals surface area contributed by atoms with E-state index in [1.165, 1.54) is 0 Å². The van der Waals surface area contributed by atoms with E-state index in [-0.39, 0.29) is 5.95 Å². The van der Waals surface area contributed by atoms with Crippen molar-refractivity contribution in [1.82, 2.24) is 25.1 Å². The third kappa shape index (κ3) is 1.58. The Morgan fingerprint density at radius 3 is 3.00 bits per heavy atom. The molecule has 0 spiro atoms. The number of fused-ring (bicyclic) bond motifs is 2. The van der Waals surface area contributed by atoms with E-state index in [9.17, 15) is 0 Å². The van der Waals surface area contributed by atoms with Crippen LogP contribution in [0.3, 0.4) is 0 Å². The second-order valence-electron chi connectivity index (χ2n) is 4.47. The minimum absolute atomic E-state index is 0.225. The maximum atomic E-state index is 5.75. The van der Waals surface area contributed by atoms with Gasteiger partial charge in [0.2, 0.25) is 5.95 Å². The monoisotopic (exact) mass is 262 g/mol. The zero-order chi connectivity index (χ0) is 13.5. The van der Waals surface area contributed by atoms with Gasteiger partial charge in [-0.05, 0) is 18.2 Å². The highest BCUT2D eigenvalue weighted by Gasteiger charge is 2.10. The van der Waals surface area contributed by atoms with Gasteiger partial charge in [-0.1, -0.05) is 12.1 Å². The molecular weight excluding hydrogens is 252 g/mol. The number of aromatic amines is 1. The second kappa shape index (κ2) is 3.99. The molecule has 4 rings (SSSR count). The van der Waals surface area contributed by atoms with E-state index in [1.807, 2.05) is 30.3 Å². The molecular formula is C14H10N6. The lowest BCUT2D eigenvalue weighted by Crippen LogP contribution is -1.97. The summed E-state index contributed by atoms with van der Waals surface area (Å²) < 4.78 is 0. The first-order valence-corrected chi connectivity index (χ1v) is 6.13. The summed E-state index contributed by atoms with van der Waals surface area (Å²) in [7, 11) is 0. The average Bonchev–Trinajstić information content (AvgIpc) is 2.94. The van der Waals surface area contributed by atoms with E-state index in [1.54, 1.807) is 12.4 Å². The average molecular weight is 262 g/mol. The summed E-state index contributed by atoms with van der Waals surface area (Å²) in [5.41, 5.74) is 9.07.